The summed E-state index contributed by atoms with van der Waals surface area (Å²) in [6.07, 6.45) is 2.76. The van der Waals surface area contributed by atoms with E-state index >= 15 is 0 Å². The molecule has 0 aliphatic rings. The number of carbonyl (C=O) groups excluding carboxylic acids is 1. The van der Waals surface area contributed by atoms with Crippen LogP contribution in [0.5, 0.6) is 5.75 Å². The molecule has 2 atom stereocenters. The average molecular weight is 411 g/mol. The van der Waals surface area contributed by atoms with Gasteiger partial charge in [-0.3, -0.25) is 9.00 Å². The van der Waals surface area contributed by atoms with Crippen LogP contribution >= 0.6 is 34.8 Å². The molecule has 0 fully saturated rings. The predicted octanol–water partition coefficient (Wildman–Crippen LogP) is 3.03. The number of aromatic hydroxyl groups is 1. The molecule has 0 aliphatic carbocycles. The van der Waals surface area contributed by atoms with Crippen LogP contribution in [0.2, 0.25) is 15.1 Å². The summed E-state index contributed by atoms with van der Waals surface area (Å²) in [6.45, 7) is 1.71. The molecule has 0 spiro atoms. The van der Waals surface area contributed by atoms with Crippen molar-refractivity contribution in [3.05, 3.63) is 39.1 Å². The molecule has 0 bridgehead atoms. The van der Waals surface area contributed by atoms with Crippen molar-refractivity contribution in [3.8, 4) is 11.4 Å². The fourth-order valence-corrected chi connectivity index (χ4v) is 3.86. The van der Waals surface area contributed by atoms with E-state index in [-0.39, 0.29) is 27.5 Å². The molecule has 0 saturated heterocycles. The van der Waals surface area contributed by atoms with Gasteiger partial charge in [-0.15, -0.1) is 0 Å². The van der Waals surface area contributed by atoms with Crippen LogP contribution in [0.1, 0.15) is 17.4 Å². The first-order chi connectivity index (χ1) is 11.2. The van der Waals surface area contributed by atoms with E-state index in [0.717, 1.165) is 0 Å². The lowest BCUT2D eigenvalue weighted by Crippen LogP contribution is -2.36. The monoisotopic (exact) mass is 409 g/mol. The van der Waals surface area contributed by atoms with E-state index in [1.54, 1.807) is 13.2 Å². The minimum absolute atomic E-state index is 0.189. The first-order valence-corrected chi connectivity index (χ1v) is 9.59. The maximum Gasteiger partial charge on any atom is 0.275 e. The maximum atomic E-state index is 12.2. The summed E-state index contributed by atoms with van der Waals surface area (Å²) >= 11 is 18.1. The van der Waals surface area contributed by atoms with Gasteiger partial charge >= 0.3 is 0 Å². The maximum absolute atomic E-state index is 12.2. The van der Waals surface area contributed by atoms with E-state index in [4.69, 9.17) is 34.8 Å². The fourth-order valence-electron chi connectivity index (χ4n) is 2.08. The Hall–Kier alpha value is -1.28. The molecule has 1 amide bonds. The number of hydrogen-bond acceptors (Lipinski definition) is 4. The Bertz CT molecular complexity index is 787. The molecule has 2 aromatic rings. The third kappa shape index (κ3) is 4.42. The first-order valence-electron chi connectivity index (χ1n) is 6.73. The minimum atomic E-state index is -1.06. The van der Waals surface area contributed by atoms with E-state index in [9.17, 15) is 14.1 Å². The molecule has 2 N–H and O–H groups in total. The Balaban J connectivity index is 2.31. The summed E-state index contributed by atoms with van der Waals surface area (Å²) in [7, 11) is -1.06. The minimum Gasteiger partial charge on any atom is -0.504 e. The number of hydrogen-bond donors (Lipinski definition) is 2. The van der Waals surface area contributed by atoms with Crippen molar-refractivity contribution in [3.63, 3.8) is 0 Å². The number of benzene rings is 1. The zero-order valence-corrected chi connectivity index (χ0v) is 15.8. The van der Waals surface area contributed by atoms with Crippen LogP contribution in [0.3, 0.4) is 0 Å². The molecule has 2 unspecified atom stereocenters. The van der Waals surface area contributed by atoms with Gasteiger partial charge in [-0.1, -0.05) is 34.8 Å². The molecule has 2 rings (SSSR count). The molecule has 130 valence electrons. The molecule has 24 heavy (non-hydrogen) atoms. The Kier molecular flexibility index (Phi) is 6.14. The van der Waals surface area contributed by atoms with Gasteiger partial charge in [-0.05, 0) is 19.1 Å². The second-order valence-electron chi connectivity index (χ2n) is 5.14. The third-order valence-electron chi connectivity index (χ3n) is 2.98. The molecule has 1 aromatic heterocycles. The lowest BCUT2D eigenvalue weighted by molar-refractivity contribution is 0.0935. The number of halogens is 3. The van der Waals surface area contributed by atoms with Crippen LogP contribution in [0.25, 0.3) is 5.69 Å². The standard InChI is InChI=1S/C14H14Cl3N3O3S/c1-7(6-24(2)23)18-14(22)12-11(21)5-20(19-12)13-9(16)3-8(15)4-10(13)17/h3-5,7,21H,6H2,1-2H3,(H,18,22). The molecule has 1 aromatic carbocycles. The van der Waals surface area contributed by atoms with Crippen molar-refractivity contribution in [1.82, 2.24) is 15.1 Å². The highest BCUT2D eigenvalue weighted by Crippen LogP contribution is 2.33. The molecule has 0 saturated carbocycles. The van der Waals surface area contributed by atoms with Crippen molar-refractivity contribution in [2.75, 3.05) is 12.0 Å². The van der Waals surface area contributed by atoms with Gasteiger partial charge in [0.05, 0.1) is 16.2 Å². The summed E-state index contributed by atoms with van der Waals surface area (Å²) in [5.74, 6) is -0.632. The second kappa shape index (κ2) is 7.74. The third-order valence-corrected chi connectivity index (χ3v) is 4.75. The van der Waals surface area contributed by atoms with Crippen molar-refractivity contribution in [1.29, 1.82) is 0 Å². The number of aromatic nitrogens is 2. The number of nitrogens with zero attached hydrogens (tertiary/aromatic N) is 2. The summed E-state index contributed by atoms with van der Waals surface area (Å²) in [4.78, 5) is 12.2. The van der Waals surface area contributed by atoms with Gasteiger partial charge < -0.3 is 10.4 Å². The van der Waals surface area contributed by atoms with Crippen LogP contribution in [-0.4, -0.2) is 43.1 Å². The normalized spacial score (nSPS) is 13.5. The van der Waals surface area contributed by atoms with Crippen LogP contribution in [-0.2, 0) is 10.8 Å². The van der Waals surface area contributed by atoms with Gasteiger partial charge in [0.2, 0.25) is 0 Å². The highest BCUT2D eigenvalue weighted by molar-refractivity contribution is 7.84. The zero-order valence-electron chi connectivity index (χ0n) is 12.7. The van der Waals surface area contributed by atoms with Gasteiger partial charge in [-0.2, -0.15) is 5.10 Å². The average Bonchev–Trinajstić information content (AvgIpc) is 2.78. The Morgan fingerprint density at radius 2 is 1.96 bits per heavy atom. The van der Waals surface area contributed by atoms with E-state index in [1.807, 2.05) is 0 Å². The van der Waals surface area contributed by atoms with Crippen molar-refractivity contribution >= 4 is 51.5 Å². The van der Waals surface area contributed by atoms with Crippen LogP contribution < -0.4 is 5.32 Å². The largest absolute Gasteiger partial charge is 0.504 e. The molecule has 6 nitrogen and oxygen atoms in total. The predicted molar refractivity (Wildman–Crippen MR) is 96.1 cm³/mol. The van der Waals surface area contributed by atoms with Crippen LogP contribution in [0.15, 0.2) is 18.3 Å². The Labute approximate surface area is 156 Å². The fraction of sp³-hybridized carbons (Fsp3) is 0.286. The highest BCUT2D eigenvalue weighted by Gasteiger charge is 2.21. The van der Waals surface area contributed by atoms with E-state index < -0.39 is 16.7 Å². The van der Waals surface area contributed by atoms with E-state index in [1.165, 1.54) is 23.0 Å². The molecule has 0 aliphatic heterocycles. The second-order valence-corrected chi connectivity index (χ2v) is 7.87. The van der Waals surface area contributed by atoms with Crippen molar-refractivity contribution in [2.24, 2.45) is 0 Å². The van der Waals surface area contributed by atoms with Gasteiger partial charge in [0.15, 0.2) is 11.4 Å². The van der Waals surface area contributed by atoms with E-state index in [2.05, 4.69) is 10.4 Å². The number of carbonyl (C=O) groups is 1. The van der Waals surface area contributed by atoms with Gasteiger partial charge in [-0.25, -0.2) is 4.68 Å². The summed E-state index contributed by atoms with van der Waals surface area (Å²) in [5, 5.41) is 17.4. The molecular formula is C14H14Cl3N3O3S. The molecule has 1 heterocycles. The highest BCUT2D eigenvalue weighted by atomic mass is 35.5. The summed E-state index contributed by atoms with van der Waals surface area (Å²) < 4.78 is 12.4. The van der Waals surface area contributed by atoms with Gasteiger partial charge in [0.1, 0.15) is 5.69 Å². The van der Waals surface area contributed by atoms with Gasteiger partial charge in [0, 0.05) is 33.9 Å². The van der Waals surface area contributed by atoms with Crippen molar-refractivity contribution < 1.29 is 14.1 Å². The quantitative estimate of drug-likeness (QED) is 0.793. The molecule has 0 radical (unpaired) electrons. The number of amides is 1. The zero-order chi connectivity index (χ0) is 18.0. The van der Waals surface area contributed by atoms with Crippen molar-refractivity contribution in [2.45, 2.75) is 13.0 Å². The molecule has 10 heteroatoms. The van der Waals surface area contributed by atoms with Crippen LogP contribution in [0.4, 0.5) is 0 Å². The Morgan fingerprint density at radius 3 is 2.50 bits per heavy atom. The van der Waals surface area contributed by atoms with E-state index in [0.29, 0.717) is 16.5 Å². The summed E-state index contributed by atoms with van der Waals surface area (Å²) in [5.41, 5.74) is 0.102. The number of rotatable bonds is 5. The lowest BCUT2D eigenvalue weighted by atomic mass is 10.3. The SMILES string of the molecule is CC(CS(C)=O)NC(=O)c1nn(-c2c(Cl)cc(Cl)cc2Cl)cc1O. The summed E-state index contributed by atoms with van der Waals surface area (Å²) in [6, 6.07) is 2.61. The van der Waals surface area contributed by atoms with Crippen LogP contribution in [0, 0.1) is 0 Å². The first kappa shape index (κ1) is 19.1. The topological polar surface area (TPSA) is 84.2 Å². The molecular weight excluding hydrogens is 397 g/mol. The lowest BCUT2D eigenvalue weighted by Gasteiger charge is -2.11. The van der Waals surface area contributed by atoms with Gasteiger partial charge in [0.25, 0.3) is 5.91 Å². The number of nitrogens with one attached hydrogen (secondary N) is 1. The Morgan fingerprint density at radius 1 is 1.38 bits per heavy atom. The smallest absolute Gasteiger partial charge is 0.275 e.